The van der Waals surface area contributed by atoms with Gasteiger partial charge in [0, 0.05) is 20.1 Å². The van der Waals surface area contributed by atoms with Crippen molar-refractivity contribution in [2.24, 2.45) is 4.99 Å². The Labute approximate surface area is 133 Å². The SMILES string of the molecule is CCCNC(=NC)NCc1ccc(Br)c(F)c1.I. The van der Waals surface area contributed by atoms with Crippen LogP contribution in [0.25, 0.3) is 0 Å². The molecule has 0 amide bonds. The molecule has 3 nitrogen and oxygen atoms in total. The smallest absolute Gasteiger partial charge is 0.191 e. The van der Waals surface area contributed by atoms with Gasteiger partial charge in [0.25, 0.3) is 0 Å². The lowest BCUT2D eigenvalue weighted by Gasteiger charge is -2.11. The highest BCUT2D eigenvalue weighted by Crippen LogP contribution is 2.16. The first-order chi connectivity index (χ1) is 8.17. The van der Waals surface area contributed by atoms with E-state index in [2.05, 4.69) is 38.5 Å². The van der Waals surface area contributed by atoms with Gasteiger partial charge in [-0.15, -0.1) is 24.0 Å². The molecule has 1 aromatic carbocycles. The molecule has 0 bridgehead atoms. The summed E-state index contributed by atoms with van der Waals surface area (Å²) in [6, 6.07) is 5.08. The Kier molecular flexibility index (Phi) is 9.35. The maximum absolute atomic E-state index is 13.3. The van der Waals surface area contributed by atoms with E-state index in [4.69, 9.17) is 0 Å². The zero-order chi connectivity index (χ0) is 12.7. The first kappa shape index (κ1) is 17.6. The zero-order valence-electron chi connectivity index (χ0n) is 10.5. The number of rotatable bonds is 4. The fourth-order valence-electron chi connectivity index (χ4n) is 1.30. The molecule has 18 heavy (non-hydrogen) atoms. The molecule has 2 N–H and O–H groups in total. The third-order valence-electron chi connectivity index (χ3n) is 2.21. The van der Waals surface area contributed by atoms with Gasteiger partial charge in [-0.25, -0.2) is 4.39 Å². The number of nitrogens with zero attached hydrogens (tertiary/aromatic N) is 1. The highest BCUT2D eigenvalue weighted by atomic mass is 127. The fraction of sp³-hybridized carbons (Fsp3) is 0.417. The van der Waals surface area contributed by atoms with E-state index in [0.29, 0.717) is 11.0 Å². The first-order valence-electron chi connectivity index (χ1n) is 5.55. The minimum absolute atomic E-state index is 0. The molecule has 1 rings (SSSR count). The van der Waals surface area contributed by atoms with Crippen molar-refractivity contribution in [1.29, 1.82) is 0 Å². The van der Waals surface area contributed by atoms with E-state index in [-0.39, 0.29) is 29.8 Å². The van der Waals surface area contributed by atoms with Crippen LogP contribution in [0.5, 0.6) is 0 Å². The zero-order valence-corrected chi connectivity index (χ0v) is 14.4. The van der Waals surface area contributed by atoms with E-state index in [1.807, 2.05) is 6.07 Å². The standard InChI is InChI=1S/C12H17BrFN3.HI/c1-3-6-16-12(15-2)17-8-9-4-5-10(13)11(14)7-9;/h4-5,7H,3,6,8H2,1-2H3,(H2,15,16,17);1H. The molecular formula is C12H18BrFIN3. The molecule has 0 atom stereocenters. The number of guanidine groups is 1. The van der Waals surface area contributed by atoms with Crippen molar-refractivity contribution in [3.05, 3.63) is 34.1 Å². The van der Waals surface area contributed by atoms with E-state index in [1.54, 1.807) is 13.1 Å². The highest BCUT2D eigenvalue weighted by molar-refractivity contribution is 14.0. The van der Waals surface area contributed by atoms with Crippen LogP contribution in [-0.4, -0.2) is 19.6 Å². The van der Waals surface area contributed by atoms with Gasteiger partial charge in [-0.3, -0.25) is 4.99 Å². The lowest BCUT2D eigenvalue weighted by atomic mass is 10.2. The normalized spacial score (nSPS) is 10.8. The molecule has 0 heterocycles. The third-order valence-corrected chi connectivity index (χ3v) is 2.85. The van der Waals surface area contributed by atoms with Crippen LogP contribution in [0, 0.1) is 5.82 Å². The summed E-state index contributed by atoms with van der Waals surface area (Å²) in [6.45, 7) is 3.51. The number of benzene rings is 1. The maximum Gasteiger partial charge on any atom is 0.191 e. The van der Waals surface area contributed by atoms with Gasteiger partial charge in [0.2, 0.25) is 0 Å². The largest absolute Gasteiger partial charge is 0.356 e. The predicted octanol–water partition coefficient (Wildman–Crippen LogP) is 3.28. The van der Waals surface area contributed by atoms with Gasteiger partial charge in [0.05, 0.1) is 4.47 Å². The van der Waals surface area contributed by atoms with Crippen molar-refractivity contribution in [2.75, 3.05) is 13.6 Å². The number of hydrogen-bond acceptors (Lipinski definition) is 1. The lowest BCUT2D eigenvalue weighted by Crippen LogP contribution is -2.37. The lowest BCUT2D eigenvalue weighted by molar-refractivity contribution is 0.617. The van der Waals surface area contributed by atoms with Crippen LogP contribution in [0.2, 0.25) is 0 Å². The second kappa shape index (κ2) is 9.55. The second-order valence-electron chi connectivity index (χ2n) is 3.60. The summed E-state index contributed by atoms with van der Waals surface area (Å²) >= 11 is 3.13. The summed E-state index contributed by atoms with van der Waals surface area (Å²) in [5, 5.41) is 6.28. The average molecular weight is 430 g/mol. The van der Waals surface area contributed by atoms with Crippen LogP contribution >= 0.6 is 39.9 Å². The molecule has 0 saturated heterocycles. The fourth-order valence-corrected chi connectivity index (χ4v) is 1.55. The van der Waals surface area contributed by atoms with Crippen LogP contribution in [0.15, 0.2) is 27.7 Å². The van der Waals surface area contributed by atoms with Crippen molar-refractivity contribution in [1.82, 2.24) is 10.6 Å². The van der Waals surface area contributed by atoms with Crippen LogP contribution in [-0.2, 0) is 6.54 Å². The summed E-state index contributed by atoms with van der Waals surface area (Å²) < 4.78 is 13.7. The number of aliphatic imine (C=N–C) groups is 1. The Morgan fingerprint density at radius 2 is 2.11 bits per heavy atom. The Morgan fingerprint density at radius 3 is 2.67 bits per heavy atom. The molecule has 0 aliphatic carbocycles. The van der Waals surface area contributed by atoms with Crippen molar-refractivity contribution < 1.29 is 4.39 Å². The molecule has 0 spiro atoms. The molecule has 0 saturated carbocycles. The van der Waals surface area contributed by atoms with Gasteiger partial charge in [0.15, 0.2) is 5.96 Å². The molecule has 1 aromatic rings. The highest BCUT2D eigenvalue weighted by Gasteiger charge is 2.01. The Morgan fingerprint density at radius 1 is 1.39 bits per heavy atom. The molecule has 0 aliphatic heterocycles. The van der Waals surface area contributed by atoms with Gasteiger partial charge in [-0.2, -0.15) is 0 Å². The summed E-state index contributed by atoms with van der Waals surface area (Å²) in [6.07, 6.45) is 1.04. The quantitative estimate of drug-likeness (QED) is 0.437. The minimum atomic E-state index is -0.249. The van der Waals surface area contributed by atoms with Gasteiger partial charge in [0.1, 0.15) is 5.82 Å². The molecule has 0 fully saturated rings. The average Bonchev–Trinajstić information content (AvgIpc) is 2.34. The summed E-state index contributed by atoms with van der Waals surface area (Å²) in [7, 11) is 1.72. The minimum Gasteiger partial charge on any atom is -0.356 e. The van der Waals surface area contributed by atoms with Gasteiger partial charge in [-0.05, 0) is 40.0 Å². The van der Waals surface area contributed by atoms with Crippen molar-refractivity contribution in [3.8, 4) is 0 Å². The molecular weight excluding hydrogens is 412 g/mol. The monoisotopic (exact) mass is 429 g/mol. The molecule has 0 unspecified atom stereocenters. The van der Waals surface area contributed by atoms with E-state index in [0.717, 1.165) is 24.5 Å². The number of halogens is 3. The first-order valence-corrected chi connectivity index (χ1v) is 6.35. The van der Waals surface area contributed by atoms with Crippen molar-refractivity contribution in [2.45, 2.75) is 19.9 Å². The maximum atomic E-state index is 13.3. The second-order valence-corrected chi connectivity index (χ2v) is 4.46. The van der Waals surface area contributed by atoms with E-state index in [1.165, 1.54) is 6.07 Å². The van der Waals surface area contributed by atoms with E-state index in [9.17, 15) is 4.39 Å². The molecule has 0 aromatic heterocycles. The molecule has 0 aliphatic rings. The topological polar surface area (TPSA) is 36.4 Å². The molecule has 102 valence electrons. The van der Waals surface area contributed by atoms with E-state index >= 15 is 0 Å². The Balaban J connectivity index is 0.00000289. The molecule has 0 radical (unpaired) electrons. The molecule has 6 heteroatoms. The van der Waals surface area contributed by atoms with Crippen LogP contribution in [0.4, 0.5) is 4.39 Å². The van der Waals surface area contributed by atoms with Crippen LogP contribution in [0.3, 0.4) is 0 Å². The predicted molar refractivity (Wildman–Crippen MR) is 88.0 cm³/mol. The Hall–Kier alpha value is -0.370. The third kappa shape index (κ3) is 5.99. The summed E-state index contributed by atoms with van der Waals surface area (Å²) in [5.74, 6) is 0.482. The number of nitrogens with one attached hydrogen (secondary N) is 2. The van der Waals surface area contributed by atoms with Gasteiger partial charge < -0.3 is 10.6 Å². The van der Waals surface area contributed by atoms with E-state index < -0.39 is 0 Å². The van der Waals surface area contributed by atoms with Crippen LogP contribution in [0.1, 0.15) is 18.9 Å². The van der Waals surface area contributed by atoms with Gasteiger partial charge in [-0.1, -0.05) is 13.0 Å². The number of hydrogen-bond donors (Lipinski definition) is 2. The summed E-state index contributed by atoms with van der Waals surface area (Å²) in [5.41, 5.74) is 0.880. The summed E-state index contributed by atoms with van der Waals surface area (Å²) in [4.78, 5) is 4.07. The van der Waals surface area contributed by atoms with Crippen molar-refractivity contribution in [3.63, 3.8) is 0 Å². The Bertz CT molecular complexity index is 399. The van der Waals surface area contributed by atoms with Gasteiger partial charge >= 0.3 is 0 Å². The van der Waals surface area contributed by atoms with Crippen molar-refractivity contribution >= 4 is 45.9 Å². The van der Waals surface area contributed by atoms with Crippen LogP contribution < -0.4 is 10.6 Å².